The molecule has 0 radical (unpaired) electrons. The van der Waals surface area contributed by atoms with Crippen molar-refractivity contribution in [3.8, 4) is 0 Å². The Morgan fingerprint density at radius 3 is 0.891 bits per heavy atom. The summed E-state index contributed by atoms with van der Waals surface area (Å²) >= 11 is 0. The number of unbranched alkanes of at least 4 members (excludes halogenated alkanes) is 8. The van der Waals surface area contributed by atoms with Crippen LogP contribution < -0.4 is 0 Å². The van der Waals surface area contributed by atoms with Crippen LogP contribution in [0, 0.1) is 0 Å². The van der Waals surface area contributed by atoms with E-state index >= 15 is 0 Å². The average Bonchev–Trinajstić information content (AvgIpc) is 3.27. The number of carboxylic acid groups (broad SMARTS) is 2. The maximum Gasteiger partial charge on any atom is 0.332 e. The second kappa shape index (κ2) is 38.8. The van der Waals surface area contributed by atoms with Crippen LogP contribution >= 0.6 is 0 Å². The molecule has 356 valence electrons. The van der Waals surface area contributed by atoms with Crippen molar-refractivity contribution in [1.82, 2.24) is 0 Å². The van der Waals surface area contributed by atoms with Gasteiger partial charge in [-0.25, -0.2) is 19.2 Å². The lowest BCUT2D eigenvalue weighted by Gasteiger charge is -2.07. The van der Waals surface area contributed by atoms with E-state index in [0.717, 1.165) is 24.0 Å². The first-order valence-electron chi connectivity index (χ1n) is 21.5. The van der Waals surface area contributed by atoms with Crippen molar-refractivity contribution < 1.29 is 86.5 Å². The highest BCUT2D eigenvalue weighted by Crippen LogP contribution is 2.08. The van der Waals surface area contributed by atoms with Gasteiger partial charge in [-0.05, 0) is 88.2 Å². The van der Waals surface area contributed by atoms with Crippen LogP contribution in [0.3, 0.4) is 0 Å². The molecule has 0 spiro atoms. The molecule has 0 atom stereocenters. The Morgan fingerprint density at radius 1 is 0.328 bits per heavy atom. The molecule has 0 saturated carbocycles. The number of carbonyl (C=O) groups is 8. The molecule has 2 aromatic carbocycles. The van der Waals surface area contributed by atoms with Gasteiger partial charge >= 0.3 is 47.8 Å². The van der Waals surface area contributed by atoms with Crippen molar-refractivity contribution in [2.24, 2.45) is 0 Å². The van der Waals surface area contributed by atoms with E-state index in [1.807, 2.05) is 60.7 Å². The van der Waals surface area contributed by atoms with Crippen molar-refractivity contribution in [3.05, 3.63) is 71.8 Å². The molecule has 0 aliphatic carbocycles. The van der Waals surface area contributed by atoms with E-state index in [9.17, 15) is 38.4 Å². The SMILES string of the molecule is O=C(CCCCCOC(=O)COCC(=O)OCCCCCC(=O)OCc1ccccc1)OCc1ccccc1.O=C(O)CCCCCOC(=O)COCC(=O)OCCCCCC(=O)O. The lowest BCUT2D eigenvalue weighted by molar-refractivity contribution is -0.157. The zero-order valence-corrected chi connectivity index (χ0v) is 36.6. The van der Waals surface area contributed by atoms with Crippen LogP contribution in [-0.4, -0.2) is 111 Å². The summed E-state index contributed by atoms with van der Waals surface area (Å²) in [5.74, 6) is -4.53. The summed E-state index contributed by atoms with van der Waals surface area (Å²) in [7, 11) is 0. The summed E-state index contributed by atoms with van der Waals surface area (Å²) in [5.41, 5.74) is 1.89. The van der Waals surface area contributed by atoms with E-state index in [1.165, 1.54) is 0 Å². The van der Waals surface area contributed by atoms with Crippen LogP contribution in [0.1, 0.15) is 114 Å². The number of hydrogen-bond donors (Lipinski definition) is 2. The summed E-state index contributed by atoms with van der Waals surface area (Å²) in [6, 6.07) is 19.0. The van der Waals surface area contributed by atoms with Crippen molar-refractivity contribution >= 4 is 47.8 Å². The fraction of sp³-hybridized carbons (Fsp3) is 0.565. The van der Waals surface area contributed by atoms with Crippen LogP contribution in [0.4, 0.5) is 0 Å². The molecule has 18 nitrogen and oxygen atoms in total. The molecule has 18 heteroatoms. The molecule has 0 aliphatic rings. The molecule has 0 bridgehead atoms. The Bertz CT molecular complexity index is 1500. The van der Waals surface area contributed by atoms with Crippen molar-refractivity contribution in [3.63, 3.8) is 0 Å². The minimum Gasteiger partial charge on any atom is -0.481 e. The van der Waals surface area contributed by atoms with Gasteiger partial charge in [-0.2, -0.15) is 0 Å². The Morgan fingerprint density at radius 2 is 0.609 bits per heavy atom. The van der Waals surface area contributed by atoms with Crippen molar-refractivity contribution in [2.75, 3.05) is 52.9 Å². The third-order valence-corrected chi connectivity index (χ3v) is 8.54. The van der Waals surface area contributed by atoms with Gasteiger partial charge in [0, 0.05) is 25.7 Å². The summed E-state index contributed by atoms with van der Waals surface area (Å²) in [6.07, 6.45) is 8.29. The molecule has 0 aliphatic heterocycles. The second-order valence-corrected chi connectivity index (χ2v) is 14.2. The summed E-state index contributed by atoms with van der Waals surface area (Å²) in [6.45, 7) is -0.0800. The fourth-order valence-corrected chi connectivity index (χ4v) is 5.17. The Kier molecular flexibility index (Phi) is 34.0. The number of ether oxygens (including phenoxy) is 8. The lowest BCUT2D eigenvalue weighted by Crippen LogP contribution is -2.19. The molecule has 64 heavy (non-hydrogen) atoms. The van der Waals surface area contributed by atoms with Crippen LogP contribution in [-0.2, 0) is 89.5 Å². The normalized spacial score (nSPS) is 10.4. The van der Waals surface area contributed by atoms with Crippen LogP contribution in [0.5, 0.6) is 0 Å². The van der Waals surface area contributed by atoms with E-state index in [4.69, 9.17) is 48.1 Å². The van der Waals surface area contributed by atoms with Gasteiger partial charge in [0.05, 0.1) is 26.4 Å². The minimum atomic E-state index is -0.849. The maximum atomic E-state index is 11.8. The van der Waals surface area contributed by atoms with Gasteiger partial charge in [-0.3, -0.25) is 19.2 Å². The van der Waals surface area contributed by atoms with Gasteiger partial charge < -0.3 is 48.1 Å². The zero-order valence-electron chi connectivity index (χ0n) is 36.6. The zero-order chi connectivity index (χ0) is 46.9. The number of esters is 6. The van der Waals surface area contributed by atoms with Crippen LogP contribution in [0.25, 0.3) is 0 Å². The highest BCUT2D eigenvalue weighted by atomic mass is 16.6. The number of hydrogen-bond acceptors (Lipinski definition) is 16. The first-order chi connectivity index (χ1) is 30.9. The first kappa shape index (κ1) is 56.1. The molecule has 0 aromatic heterocycles. The topological polar surface area (TPSA) is 251 Å². The number of aliphatic carboxylic acids is 2. The predicted octanol–water partition coefficient (Wildman–Crippen LogP) is 6.08. The van der Waals surface area contributed by atoms with E-state index in [2.05, 4.69) is 0 Å². The first-order valence-corrected chi connectivity index (χ1v) is 21.5. The highest BCUT2D eigenvalue weighted by molar-refractivity contribution is 5.74. The van der Waals surface area contributed by atoms with E-state index in [0.29, 0.717) is 77.0 Å². The van der Waals surface area contributed by atoms with Gasteiger partial charge in [0.25, 0.3) is 0 Å². The lowest BCUT2D eigenvalue weighted by atomic mass is 10.2. The second-order valence-electron chi connectivity index (χ2n) is 14.2. The van der Waals surface area contributed by atoms with E-state index < -0.39 is 35.8 Å². The minimum absolute atomic E-state index is 0.0960. The Hall–Kier alpha value is -5.88. The Labute approximate surface area is 374 Å². The van der Waals surface area contributed by atoms with Crippen molar-refractivity contribution in [1.29, 1.82) is 0 Å². The molecule has 0 heterocycles. The summed E-state index contributed by atoms with van der Waals surface area (Å²) < 4.78 is 40.2. The smallest absolute Gasteiger partial charge is 0.332 e. The Balaban J connectivity index is 0.000000709. The molecule has 2 aromatic rings. The largest absolute Gasteiger partial charge is 0.481 e. The number of carboxylic acids is 2. The predicted molar refractivity (Wildman–Crippen MR) is 227 cm³/mol. The molecule has 0 amide bonds. The molecule has 2 rings (SSSR count). The third kappa shape index (κ3) is 36.7. The molecule has 0 saturated heterocycles. The summed E-state index contributed by atoms with van der Waals surface area (Å²) in [5, 5.41) is 16.9. The number of carbonyl (C=O) groups excluding carboxylic acids is 6. The molecule has 2 N–H and O–H groups in total. The molecule has 0 unspecified atom stereocenters. The van der Waals surface area contributed by atoms with E-state index in [1.54, 1.807) is 0 Å². The van der Waals surface area contributed by atoms with Gasteiger partial charge in [0.15, 0.2) is 0 Å². The monoisotopic (exact) mass is 904 g/mol. The quantitative estimate of drug-likeness (QED) is 0.0447. The van der Waals surface area contributed by atoms with Gasteiger partial charge in [0.2, 0.25) is 0 Å². The van der Waals surface area contributed by atoms with Crippen LogP contribution in [0.15, 0.2) is 60.7 Å². The number of rotatable bonds is 36. The van der Waals surface area contributed by atoms with Crippen molar-refractivity contribution in [2.45, 2.75) is 116 Å². The average molecular weight is 905 g/mol. The molecular weight excluding hydrogens is 840 g/mol. The molecule has 0 fully saturated rings. The summed E-state index contributed by atoms with van der Waals surface area (Å²) in [4.78, 5) is 90.1. The standard InChI is InChI=1S/C30H38O9.C16H26O9/c31-27(38-21-25-13-5-1-6-14-25)17-9-3-11-19-36-29(33)23-35-24-30(34)37-20-12-4-10-18-28(32)39-22-26-15-7-2-8-16-26;17-13(18)7-3-1-5-9-24-15(21)11-23-12-16(22)25-10-6-2-4-8-14(19)20/h1-2,5-8,13-16H,3-4,9-12,17-24H2;1-12H2,(H,17,18)(H,19,20). The van der Waals surface area contributed by atoms with Gasteiger partial charge in [0.1, 0.15) is 39.6 Å². The molecular formula is C46H64O18. The highest BCUT2D eigenvalue weighted by Gasteiger charge is 2.10. The van der Waals surface area contributed by atoms with Gasteiger partial charge in [-0.1, -0.05) is 60.7 Å². The van der Waals surface area contributed by atoms with Gasteiger partial charge in [-0.15, -0.1) is 0 Å². The number of benzene rings is 2. The third-order valence-electron chi connectivity index (χ3n) is 8.54. The van der Waals surface area contributed by atoms with Crippen LogP contribution in [0.2, 0.25) is 0 Å². The van der Waals surface area contributed by atoms with E-state index in [-0.39, 0.29) is 90.8 Å². The fourth-order valence-electron chi connectivity index (χ4n) is 5.17. The maximum absolute atomic E-state index is 11.8.